The van der Waals surface area contributed by atoms with Gasteiger partial charge in [0.2, 0.25) is 5.78 Å². The van der Waals surface area contributed by atoms with Crippen LogP contribution in [-0.4, -0.2) is 94.2 Å². The summed E-state index contributed by atoms with van der Waals surface area (Å²) in [5, 5.41) is 44.5. The average molecular weight is 606 g/mol. The lowest BCUT2D eigenvalue weighted by Crippen LogP contribution is -2.54. The zero-order chi connectivity index (χ0) is 30.0. The number of aromatic hydroxyl groups is 2. The van der Waals surface area contributed by atoms with Crippen molar-refractivity contribution >= 4 is 29.9 Å². The minimum Gasteiger partial charge on any atom is -0.507 e. The standard InChI is InChI=1S/C30H35NO10.ClH/c1-6-30(38)12-19(41-20-11-17(31(3)4)25(33)13(2)40-20)22-15(24(30)29(37)39-5)10-16-23(28(22)36)27(35)21-14(26(16)34)8-7-9-18(21)32;/h7-10,13,17,19-20,24-25,32-33,36,38H,6,11-12H2,1-5H3;1H/t13?,17?,19?,20-,24?,25?,30+;/m1./s1. The number of fused-ring (bicyclic) bond motifs is 3. The first-order chi connectivity index (χ1) is 19.3. The smallest absolute Gasteiger partial charge is 0.316 e. The number of halogens is 1. The van der Waals surface area contributed by atoms with E-state index in [9.17, 15) is 34.8 Å². The van der Waals surface area contributed by atoms with Gasteiger partial charge in [-0.25, -0.2) is 0 Å². The molecule has 3 aliphatic rings. The molecule has 0 amide bonds. The van der Waals surface area contributed by atoms with Crippen molar-refractivity contribution < 1.29 is 49.0 Å². The number of phenolic OH excluding ortho intramolecular Hbond substituents is 2. The first kappa shape index (κ1) is 31.9. The van der Waals surface area contributed by atoms with Crippen LogP contribution in [0.1, 0.15) is 88.1 Å². The number of aliphatic hydroxyl groups is 2. The van der Waals surface area contributed by atoms with Crippen molar-refractivity contribution in [1.29, 1.82) is 0 Å². The van der Waals surface area contributed by atoms with Gasteiger partial charge in [-0.1, -0.05) is 19.1 Å². The summed E-state index contributed by atoms with van der Waals surface area (Å²) in [6, 6.07) is 5.14. The summed E-state index contributed by atoms with van der Waals surface area (Å²) in [4.78, 5) is 42.1. The summed E-state index contributed by atoms with van der Waals surface area (Å²) in [5.41, 5.74) is -2.27. The van der Waals surface area contributed by atoms with Crippen LogP contribution < -0.4 is 0 Å². The minimum absolute atomic E-state index is 0. The van der Waals surface area contributed by atoms with Gasteiger partial charge < -0.3 is 39.5 Å². The highest BCUT2D eigenvalue weighted by atomic mass is 35.5. The summed E-state index contributed by atoms with van der Waals surface area (Å²) in [7, 11) is 4.82. The number of methoxy groups -OCH3 is 1. The van der Waals surface area contributed by atoms with E-state index in [1.54, 1.807) is 13.8 Å². The Labute approximate surface area is 249 Å². The summed E-state index contributed by atoms with van der Waals surface area (Å²) >= 11 is 0. The van der Waals surface area contributed by atoms with E-state index in [-0.39, 0.29) is 71.1 Å². The fraction of sp³-hybridized carbons (Fsp3) is 0.500. The molecule has 4 N–H and O–H groups in total. The van der Waals surface area contributed by atoms with Crippen molar-refractivity contribution in [3.05, 3.63) is 57.6 Å². The number of esters is 1. The molecule has 0 bridgehead atoms. The van der Waals surface area contributed by atoms with Crippen molar-refractivity contribution in [3.8, 4) is 11.5 Å². The van der Waals surface area contributed by atoms with Crippen molar-refractivity contribution in [2.24, 2.45) is 0 Å². The molecule has 11 nitrogen and oxygen atoms in total. The largest absolute Gasteiger partial charge is 0.507 e. The fourth-order valence-corrected chi connectivity index (χ4v) is 6.50. The van der Waals surface area contributed by atoms with Crippen LogP contribution in [0.25, 0.3) is 0 Å². The van der Waals surface area contributed by atoms with E-state index < -0.39 is 65.2 Å². The minimum atomic E-state index is -1.69. The number of hydrogen-bond acceptors (Lipinski definition) is 11. The third kappa shape index (κ3) is 4.87. The summed E-state index contributed by atoms with van der Waals surface area (Å²) in [5.74, 6) is -4.42. The maximum Gasteiger partial charge on any atom is 0.316 e. The molecule has 7 atom stereocenters. The lowest BCUT2D eigenvalue weighted by molar-refractivity contribution is -0.258. The highest BCUT2D eigenvalue weighted by Gasteiger charge is 2.53. The molecule has 228 valence electrons. The Bertz CT molecular complexity index is 1430. The van der Waals surface area contributed by atoms with Crippen LogP contribution >= 0.6 is 12.4 Å². The molecule has 1 fully saturated rings. The van der Waals surface area contributed by atoms with Gasteiger partial charge in [0.25, 0.3) is 0 Å². The number of ketones is 2. The van der Waals surface area contributed by atoms with Crippen LogP contribution in [0.4, 0.5) is 0 Å². The maximum atomic E-state index is 13.6. The summed E-state index contributed by atoms with van der Waals surface area (Å²) < 4.78 is 17.3. The van der Waals surface area contributed by atoms with Crippen LogP contribution in [0.15, 0.2) is 24.3 Å². The highest BCUT2D eigenvalue weighted by molar-refractivity contribution is 6.30. The quantitative estimate of drug-likeness (QED) is 0.316. The number of carbonyl (C=O) groups is 3. The van der Waals surface area contributed by atoms with Crippen LogP contribution in [-0.2, 0) is 19.0 Å². The van der Waals surface area contributed by atoms with Crippen molar-refractivity contribution in [2.45, 2.75) is 75.3 Å². The molecule has 5 rings (SSSR count). The van der Waals surface area contributed by atoms with E-state index in [4.69, 9.17) is 14.2 Å². The molecule has 5 unspecified atom stereocenters. The Hall–Kier alpha value is -3.06. The first-order valence-electron chi connectivity index (χ1n) is 13.6. The third-order valence-electron chi connectivity index (χ3n) is 8.77. The predicted octanol–water partition coefficient (Wildman–Crippen LogP) is 2.58. The Morgan fingerprint density at radius 2 is 1.83 bits per heavy atom. The van der Waals surface area contributed by atoms with Gasteiger partial charge in [0.1, 0.15) is 17.4 Å². The van der Waals surface area contributed by atoms with Gasteiger partial charge in [0.05, 0.1) is 42.1 Å². The number of phenols is 2. The summed E-state index contributed by atoms with van der Waals surface area (Å²) in [6.07, 6.45) is -3.09. The Morgan fingerprint density at radius 1 is 1.14 bits per heavy atom. The van der Waals surface area contributed by atoms with Crippen molar-refractivity contribution in [2.75, 3.05) is 21.2 Å². The molecule has 42 heavy (non-hydrogen) atoms. The summed E-state index contributed by atoms with van der Waals surface area (Å²) in [6.45, 7) is 3.41. The molecular formula is C30H36ClNO10. The molecule has 2 aliphatic carbocycles. The molecule has 0 spiro atoms. The second-order valence-electron chi connectivity index (χ2n) is 11.3. The van der Waals surface area contributed by atoms with Crippen LogP contribution in [0.3, 0.4) is 0 Å². The number of rotatable bonds is 5. The molecular weight excluding hydrogens is 570 g/mol. The van der Waals surface area contributed by atoms with Crippen LogP contribution in [0.5, 0.6) is 11.5 Å². The van der Waals surface area contributed by atoms with Gasteiger partial charge in [-0.3, -0.25) is 14.4 Å². The lowest BCUT2D eigenvalue weighted by atomic mass is 9.67. The molecule has 0 aromatic heterocycles. The Balaban J connectivity index is 0.00000405. The number of aliphatic hydroxyl groups excluding tert-OH is 1. The molecule has 0 radical (unpaired) electrons. The number of carbonyl (C=O) groups excluding carboxylic acids is 3. The molecule has 2 aromatic carbocycles. The number of ether oxygens (including phenoxy) is 3. The fourth-order valence-electron chi connectivity index (χ4n) is 6.50. The van der Waals surface area contributed by atoms with E-state index >= 15 is 0 Å². The lowest BCUT2D eigenvalue weighted by Gasteiger charge is -2.46. The van der Waals surface area contributed by atoms with E-state index in [0.29, 0.717) is 0 Å². The number of likely N-dealkylation sites (N-methyl/N-ethyl adjacent to an activating group) is 1. The topological polar surface area (TPSA) is 163 Å². The second kappa shape index (κ2) is 11.6. The van der Waals surface area contributed by atoms with Gasteiger partial charge in [-0.2, -0.15) is 0 Å². The van der Waals surface area contributed by atoms with E-state index in [2.05, 4.69) is 0 Å². The Morgan fingerprint density at radius 3 is 2.45 bits per heavy atom. The van der Waals surface area contributed by atoms with Gasteiger partial charge in [0.15, 0.2) is 12.1 Å². The van der Waals surface area contributed by atoms with Gasteiger partial charge in [-0.15, -0.1) is 12.4 Å². The molecule has 1 heterocycles. The first-order valence-corrected chi connectivity index (χ1v) is 13.6. The van der Waals surface area contributed by atoms with Crippen molar-refractivity contribution in [1.82, 2.24) is 4.90 Å². The number of benzene rings is 2. The van der Waals surface area contributed by atoms with E-state index in [0.717, 1.165) is 0 Å². The maximum absolute atomic E-state index is 13.6. The predicted molar refractivity (Wildman–Crippen MR) is 151 cm³/mol. The van der Waals surface area contributed by atoms with Crippen LogP contribution in [0.2, 0.25) is 0 Å². The number of nitrogens with zero attached hydrogens (tertiary/aromatic N) is 1. The zero-order valence-electron chi connectivity index (χ0n) is 24.0. The van der Waals surface area contributed by atoms with Crippen molar-refractivity contribution in [3.63, 3.8) is 0 Å². The van der Waals surface area contributed by atoms with E-state index in [1.807, 2.05) is 19.0 Å². The molecule has 1 aliphatic heterocycles. The average Bonchev–Trinajstić information content (AvgIpc) is 2.92. The third-order valence-corrected chi connectivity index (χ3v) is 8.77. The van der Waals surface area contributed by atoms with Crippen LogP contribution in [0, 0.1) is 0 Å². The zero-order valence-corrected chi connectivity index (χ0v) is 24.8. The number of hydrogen-bond donors (Lipinski definition) is 4. The second-order valence-corrected chi connectivity index (χ2v) is 11.3. The normalized spacial score (nSPS) is 30.2. The highest BCUT2D eigenvalue weighted by Crippen LogP contribution is 2.54. The van der Waals surface area contributed by atoms with E-state index in [1.165, 1.54) is 31.4 Å². The Kier molecular flexibility index (Phi) is 8.77. The SMILES string of the molecule is CC[C@]1(O)CC(O[C@@H]2CC(N(C)C)C(O)C(C)O2)c2c(cc3c(c2O)C(=O)c2c(O)cccc2C3=O)C1C(=O)OC.Cl. The molecule has 12 heteroatoms. The van der Waals surface area contributed by atoms with Gasteiger partial charge >= 0.3 is 5.97 Å². The molecule has 1 saturated heterocycles. The monoisotopic (exact) mass is 605 g/mol. The van der Waals surface area contributed by atoms with Gasteiger partial charge in [0, 0.05) is 35.6 Å². The van der Waals surface area contributed by atoms with Gasteiger partial charge in [-0.05, 0) is 45.1 Å². The molecule has 0 saturated carbocycles. The molecule has 2 aromatic rings.